The van der Waals surface area contributed by atoms with E-state index in [2.05, 4.69) is 20.8 Å². The highest BCUT2D eigenvalue weighted by atomic mass is 16.5. The number of aryl methyl sites for hydroxylation is 1. The SMILES string of the molecule is CCNC(=O)N1CCCC1c1noc(CCC(=O)NC2CC2)n1. The van der Waals surface area contributed by atoms with Crippen molar-refractivity contribution in [2.45, 2.75) is 57.5 Å². The van der Waals surface area contributed by atoms with Crippen LogP contribution in [-0.2, 0) is 11.2 Å². The van der Waals surface area contributed by atoms with E-state index >= 15 is 0 Å². The third-order valence-corrected chi connectivity index (χ3v) is 4.13. The predicted octanol–water partition coefficient (Wildman–Crippen LogP) is 1.15. The number of aromatic nitrogens is 2. The molecule has 8 nitrogen and oxygen atoms in total. The lowest BCUT2D eigenvalue weighted by Gasteiger charge is -2.22. The second-order valence-electron chi connectivity index (χ2n) is 6.08. The average Bonchev–Trinajstić information content (AvgIpc) is 3.05. The van der Waals surface area contributed by atoms with Crippen molar-refractivity contribution in [1.82, 2.24) is 25.7 Å². The van der Waals surface area contributed by atoms with Gasteiger partial charge in [0.1, 0.15) is 0 Å². The van der Waals surface area contributed by atoms with E-state index in [4.69, 9.17) is 4.52 Å². The van der Waals surface area contributed by atoms with Gasteiger partial charge in [-0.05, 0) is 32.6 Å². The highest BCUT2D eigenvalue weighted by molar-refractivity contribution is 5.76. The van der Waals surface area contributed by atoms with E-state index in [1.807, 2.05) is 6.92 Å². The Morgan fingerprint density at radius 1 is 1.35 bits per heavy atom. The summed E-state index contributed by atoms with van der Waals surface area (Å²) in [5.41, 5.74) is 0. The molecule has 126 valence electrons. The van der Waals surface area contributed by atoms with Gasteiger partial charge in [0.2, 0.25) is 11.8 Å². The number of hydrogen-bond donors (Lipinski definition) is 2. The highest BCUT2D eigenvalue weighted by Crippen LogP contribution is 2.30. The molecule has 1 saturated heterocycles. The van der Waals surface area contributed by atoms with Crippen LogP contribution in [0.4, 0.5) is 4.79 Å². The van der Waals surface area contributed by atoms with E-state index in [0.29, 0.717) is 43.7 Å². The number of amides is 3. The number of nitrogens with zero attached hydrogens (tertiary/aromatic N) is 3. The van der Waals surface area contributed by atoms with Crippen molar-refractivity contribution >= 4 is 11.9 Å². The topological polar surface area (TPSA) is 100 Å². The van der Waals surface area contributed by atoms with E-state index in [1.54, 1.807) is 4.90 Å². The lowest BCUT2D eigenvalue weighted by atomic mass is 10.2. The van der Waals surface area contributed by atoms with Crippen molar-refractivity contribution in [3.63, 3.8) is 0 Å². The third kappa shape index (κ3) is 4.00. The Morgan fingerprint density at radius 2 is 2.17 bits per heavy atom. The molecule has 3 amide bonds. The Hall–Kier alpha value is -2.12. The molecule has 1 aliphatic carbocycles. The Bertz CT molecular complexity index is 569. The van der Waals surface area contributed by atoms with Gasteiger partial charge in [0, 0.05) is 32.0 Å². The molecule has 1 aliphatic heterocycles. The molecule has 0 bridgehead atoms. The quantitative estimate of drug-likeness (QED) is 0.818. The third-order valence-electron chi connectivity index (χ3n) is 4.13. The number of carbonyl (C=O) groups is 2. The molecular formula is C15H23N5O3. The summed E-state index contributed by atoms with van der Waals surface area (Å²) in [5.74, 6) is 1.01. The Kier molecular flexibility index (Phi) is 4.78. The van der Waals surface area contributed by atoms with E-state index in [0.717, 1.165) is 25.7 Å². The maximum Gasteiger partial charge on any atom is 0.318 e. The first-order valence-electron chi connectivity index (χ1n) is 8.33. The largest absolute Gasteiger partial charge is 0.353 e. The van der Waals surface area contributed by atoms with Gasteiger partial charge < -0.3 is 20.1 Å². The standard InChI is InChI=1S/C15H23N5O3/c1-2-16-15(22)20-9-3-4-11(20)14-18-13(23-19-14)8-7-12(21)17-10-5-6-10/h10-11H,2-9H2,1H3,(H,16,22)(H,17,21). The molecule has 2 aliphatic rings. The van der Waals surface area contributed by atoms with Crippen molar-refractivity contribution in [2.75, 3.05) is 13.1 Å². The number of urea groups is 1. The summed E-state index contributed by atoms with van der Waals surface area (Å²) in [6.07, 6.45) is 4.69. The van der Waals surface area contributed by atoms with Gasteiger partial charge in [-0.2, -0.15) is 4.98 Å². The fraction of sp³-hybridized carbons (Fsp3) is 0.733. The zero-order chi connectivity index (χ0) is 16.2. The monoisotopic (exact) mass is 321 g/mol. The molecule has 3 rings (SSSR count). The van der Waals surface area contributed by atoms with Gasteiger partial charge in [0.05, 0.1) is 6.04 Å². The normalized spacial score (nSPS) is 20.6. The fourth-order valence-corrected chi connectivity index (χ4v) is 2.78. The summed E-state index contributed by atoms with van der Waals surface area (Å²) in [5, 5.41) is 9.74. The van der Waals surface area contributed by atoms with Crippen LogP contribution in [0.3, 0.4) is 0 Å². The molecule has 8 heteroatoms. The van der Waals surface area contributed by atoms with Crippen molar-refractivity contribution < 1.29 is 14.1 Å². The Labute approximate surface area is 135 Å². The minimum absolute atomic E-state index is 0.0251. The molecule has 1 atom stereocenters. The molecule has 2 N–H and O–H groups in total. The number of carbonyl (C=O) groups excluding carboxylic acids is 2. The summed E-state index contributed by atoms with van der Waals surface area (Å²) < 4.78 is 5.24. The lowest BCUT2D eigenvalue weighted by Crippen LogP contribution is -2.39. The van der Waals surface area contributed by atoms with E-state index in [9.17, 15) is 9.59 Å². The number of hydrogen-bond acceptors (Lipinski definition) is 5. The average molecular weight is 321 g/mol. The molecule has 23 heavy (non-hydrogen) atoms. The van der Waals surface area contributed by atoms with Crippen molar-refractivity contribution in [3.05, 3.63) is 11.7 Å². The first kappa shape index (κ1) is 15.8. The molecule has 0 radical (unpaired) electrons. The van der Waals surface area contributed by atoms with Gasteiger partial charge in [0.25, 0.3) is 0 Å². The minimum Gasteiger partial charge on any atom is -0.353 e. The first-order chi connectivity index (χ1) is 11.2. The molecular weight excluding hydrogens is 298 g/mol. The van der Waals surface area contributed by atoms with Gasteiger partial charge in [-0.15, -0.1) is 0 Å². The van der Waals surface area contributed by atoms with Crippen LogP contribution in [0.5, 0.6) is 0 Å². The van der Waals surface area contributed by atoms with Crippen LogP contribution < -0.4 is 10.6 Å². The number of nitrogens with one attached hydrogen (secondary N) is 2. The molecule has 0 spiro atoms. The predicted molar refractivity (Wildman–Crippen MR) is 81.5 cm³/mol. The van der Waals surface area contributed by atoms with E-state index < -0.39 is 0 Å². The summed E-state index contributed by atoms with van der Waals surface area (Å²) in [6, 6.07) is 0.134. The van der Waals surface area contributed by atoms with Gasteiger partial charge >= 0.3 is 6.03 Å². The van der Waals surface area contributed by atoms with Crippen LogP contribution in [0.2, 0.25) is 0 Å². The number of likely N-dealkylation sites (tertiary alicyclic amines) is 1. The lowest BCUT2D eigenvalue weighted by molar-refractivity contribution is -0.121. The van der Waals surface area contributed by atoms with Crippen LogP contribution in [-0.4, -0.2) is 46.1 Å². The summed E-state index contributed by atoms with van der Waals surface area (Å²) in [4.78, 5) is 29.8. The first-order valence-corrected chi connectivity index (χ1v) is 8.33. The van der Waals surface area contributed by atoms with Crippen LogP contribution in [0, 0.1) is 0 Å². The second kappa shape index (κ2) is 6.97. The minimum atomic E-state index is -0.139. The van der Waals surface area contributed by atoms with Crippen LogP contribution >= 0.6 is 0 Å². The molecule has 1 unspecified atom stereocenters. The van der Waals surface area contributed by atoms with Gasteiger partial charge in [-0.25, -0.2) is 4.79 Å². The number of rotatable bonds is 6. The van der Waals surface area contributed by atoms with Crippen molar-refractivity contribution in [1.29, 1.82) is 0 Å². The summed E-state index contributed by atoms with van der Waals surface area (Å²) >= 11 is 0. The maximum absolute atomic E-state index is 12.0. The maximum atomic E-state index is 12.0. The van der Waals surface area contributed by atoms with Crippen molar-refractivity contribution in [2.24, 2.45) is 0 Å². The van der Waals surface area contributed by atoms with Crippen LogP contribution in [0.1, 0.15) is 56.8 Å². The van der Waals surface area contributed by atoms with E-state index in [-0.39, 0.29) is 18.0 Å². The van der Waals surface area contributed by atoms with Gasteiger partial charge in [-0.1, -0.05) is 5.16 Å². The smallest absolute Gasteiger partial charge is 0.318 e. The zero-order valence-corrected chi connectivity index (χ0v) is 13.4. The fourth-order valence-electron chi connectivity index (χ4n) is 2.78. The van der Waals surface area contributed by atoms with Crippen LogP contribution in [0.15, 0.2) is 4.52 Å². The van der Waals surface area contributed by atoms with Gasteiger partial charge in [0.15, 0.2) is 5.82 Å². The zero-order valence-electron chi connectivity index (χ0n) is 13.4. The second-order valence-corrected chi connectivity index (χ2v) is 6.08. The van der Waals surface area contributed by atoms with Gasteiger partial charge in [-0.3, -0.25) is 4.79 Å². The Morgan fingerprint density at radius 3 is 2.91 bits per heavy atom. The molecule has 1 saturated carbocycles. The summed E-state index contributed by atoms with van der Waals surface area (Å²) in [7, 11) is 0. The molecule has 2 heterocycles. The highest BCUT2D eigenvalue weighted by Gasteiger charge is 2.33. The summed E-state index contributed by atoms with van der Waals surface area (Å²) in [6.45, 7) is 3.18. The van der Waals surface area contributed by atoms with Crippen molar-refractivity contribution in [3.8, 4) is 0 Å². The Balaban J connectivity index is 1.55. The molecule has 1 aromatic rings. The van der Waals surface area contributed by atoms with E-state index in [1.165, 1.54) is 0 Å². The molecule has 0 aromatic carbocycles. The molecule has 2 fully saturated rings. The molecule has 1 aromatic heterocycles. The van der Waals surface area contributed by atoms with Crippen LogP contribution in [0.25, 0.3) is 0 Å².